The van der Waals surface area contributed by atoms with Crippen LogP contribution < -0.4 is 5.32 Å². The summed E-state index contributed by atoms with van der Waals surface area (Å²) in [5.41, 5.74) is 1.07. The Labute approximate surface area is 113 Å². The molecule has 3 atom stereocenters. The molecule has 0 spiro atoms. The smallest absolute Gasteiger partial charge is 0.225 e. The van der Waals surface area contributed by atoms with Gasteiger partial charge in [0.2, 0.25) is 5.91 Å². The Hall–Kier alpha value is -1.46. The van der Waals surface area contributed by atoms with Crippen molar-refractivity contribution in [2.45, 2.75) is 25.2 Å². The van der Waals surface area contributed by atoms with Crippen LogP contribution in [-0.4, -0.2) is 48.1 Å². The third-order valence-corrected chi connectivity index (χ3v) is 3.93. The summed E-state index contributed by atoms with van der Waals surface area (Å²) < 4.78 is 5.88. The van der Waals surface area contributed by atoms with Crippen molar-refractivity contribution in [1.82, 2.24) is 15.2 Å². The number of aromatic nitrogens is 1. The molecule has 102 valence electrons. The highest BCUT2D eigenvalue weighted by Gasteiger charge is 2.44. The van der Waals surface area contributed by atoms with Gasteiger partial charge in [-0.15, -0.1) is 0 Å². The lowest BCUT2D eigenvalue weighted by atomic mass is 10.00. The van der Waals surface area contributed by atoms with Crippen LogP contribution in [0.25, 0.3) is 0 Å². The molecule has 2 bridgehead atoms. The van der Waals surface area contributed by atoms with Gasteiger partial charge in [-0.1, -0.05) is 6.07 Å². The maximum Gasteiger partial charge on any atom is 0.225 e. The Bertz CT molecular complexity index is 451. The molecule has 0 radical (unpaired) electrons. The number of nitrogens with zero attached hydrogens (tertiary/aromatic N) is 2. The van der Waals surface area contributed by atoms with Crippen LogP contribution in [0.4, 0.5) is 0 Å². The van der Waals surface area contributed by atoms with Crippen molar-refractivity contribution < 1.29 is 9.53 Å². The Morgan fingerprint density at radius 3 is 3.16 bits per heavy atom. The summed E-state index contributed by atoms with van der Waals surface area (Å²) >= 11 is 0. The van der Waals surface area contributed by atoms with Crippen LogP contribution in [0, 0.1) is 5.92 Å². The number of morpholine rings is 1. The molecule has 5 nitrogen and oxygen atoms in total. The molecule has 0 aliphatic carbocycles. The molecule has 1 aromatic rings. The minimum absolute atomic E-state index is 0.00346. The lowest BCUT2D eigenvalue weighted by Crippen LogP contribution is -2.44. The molecular weight excluding hydrogens is 242 g/mol. The van der Waals surface area contributed by atoms with Crippen LogP contribution >= 0.6 is 0 Å². The summed E-state index contributed by atoms with van der Waals surface area (Å²) in [6.07, 6.45) is 2.87. The van der Waals surface area contributed by atoms with E-state index in [0.717, 1.165) is 31.7 Å². The van der Waals surface area contributed by atoms with E-state index in [1.54, 1.807) is 7.05 Å². The molecule has 1 aromatic heterocycles. The molecule has 0 aromatic carbocycles. The van der Waals surface area contributed by atoms with Crippen molar-refractivity contribution in [1.29, 1.82) is 0 Å². The third-order valence-electron chi connectivity index (χ3n) is 3.93. The highest BCUT2D eigenvalue weighted by molar-refractivity contribution is 5.79. The molecule has 1 amide bonds. The van der Waals surface area contributed by atoms with Gasteiger partial charge in [0.15, 0.2) is 0 Å². The van der Waals surface area contributed by atoms with E-state index in [1.807, 2.05) is 24.4 Å². The van der Waals surface area contributed by atoms with Gasteiger partial charge in [0.1, 0.15) is 0 Å². The predicted molar refractivity (Wildman–Crippen MR) is 70.3 cm³/mol. The number of hydrogen-bond donors (Lipinski definition) is 1. The molecule has 19 heavy (non-hydrogen) atoms. The van der Waals surface area contributed by atoms with Gasteiger partial charge in [-0.05, 0) is 18.6 Å². The first-order chi connectivity index (χ1) is 9.26. The Balaban J connectivity index is 1.64. The number of pyridine rings is 1. The minimum atomic E-state index is 0.00346. The molecule has 5 heteroatoms. The highest BCUT2D eigenvalue weighted by Crippen LogP contribution is 2.32. The molecular formula is C14H19N3O2. The monoisotopic (exact) mass is 261 g/mol. The molecule has 3 unspecified atom stereocenters. The van der Waals surface area contributed by atoms with Crippen molar-refractivity contribution in [3.63, 3.8) is 0 Å². The standard InChI is InChI=1S/C14H19N3O2/c1-15-14(18)12-6-11-8-17(9-13(12)19-11)7-10-4-2-3-5-16-10/h2-5,11-13H,6-9H2,1H3,(H,15,18). The van der Waals surface area contributed by atoms with Gasteiger partial charge in [-0.25, -0.2) is 0 Å². The largest absolute Gasteiger partial charge is 0.371 e. The summed E-state index contributed by atoms with van der Waals surface area (Å²) in [6.45, 7) is 2.53. The van der Waals surface area contributed by atoms with E-state index in [0.29, 0.717) is 0 Å². The average Bonchev–Trinajstić information content (AvgIpc) is 2.74. The van der Waals surface area contributed by atoms with Gasteiger partial charge < -0.3 is 10.1 Å². The van der Waals surface area contributed by atoms with E-state index in [4.69, 9.17) is 4.74 Å². The van der Waals surface area contributed by atoms with E-state index in [2.05, 4.69) is 15.2 Å². The molecule has 2 fully saturated rings. The number of likely N-dealkylation sites (tertiary alicyclic amines) is 1. The summed E-state index contributed by atoms with van der Waals surface area (Å²) in [4.78, 5) is 18.5. The SMILES string of the molecule is CNC(=O)C1CC2CN(Cc3ccccn3)CC1O2. The number of nitrogens with one attached hydrogen (secondary N) is 1. The van der Waals surface area contributed by atoms with Gasteiger partial charge in [-0.3, -0.25) is 14.7 Å². The zero-order chi connectivity index (χ0) is 13.2. The summed E-state index contributed by atoms with van der Waals surface area (Å²) in [7, 11) is 1.69. The van der Waals surface area contributed by atoms with Gasteiger partial charge in [0, 0.05) is 32.9 Å². The maximum absolute atomic E-state index is 11.8. The van der Waals surface area contributed by atoms with Crippen LogP contribution in [0.1, 0.15) is 12.1 Å². The lowest BCUT2D eigenvalue weighted by Gasteiger charge is -2.32. The topological polar surface area (TPSA) is 54.5 Å². The first-order valence-electron chi connectivity index (χ1n) is 6.75. The van der Waals surface area contributed by atoms with E-state index >= 15 is 0 Å². The van der Waals surface area contributed by atoms with Crippen LogP contribution in [0.3, 0.4) is 0 Å². The fraction of sp³-hybridized carbons (Fsp3) is 0.571. The number of fused-ring (bicyclic) bond motifs is 2. The lowest BCUT2D eigenvalue weighted by molar-refractivity contribution is -0.127. The number of hydrogen-bond acceptors (Lipinski definition) is 4. The normalized spacial score (nSPS) is 30.3. The van der Waals surface area contributed by atoms with Crippen LogP contribution in [0.15, 0.2) is 24.4 Å². The average molecular weight is 261 g/mol. The third kappa shape index (κ3) is 2.62. The van der Waals surface area contributed by atoms with Gasteiger partial charge in [0.05, 0.1) is 23.8 Å². The van der Waals surface area contributed by atoms with Crippen LogP contribution in [-0.2, 0) is 16.1 Å². The summed E-state index contributed by atoms with van der Waals surface area (Å²) in [5.74, 6) is 0.107. The zero-order valence-corrected chi connectivity index (χ0v) is 11.1. The Kier molecular flexibility index (Phi) is 3.48. The van der Waals surface area contributed by atoms with Crippen molar-refractivity contribution in [3.05, 3.63) is 30.1 Å². The van der Waals surface area contributed by atoms with Crippen molar-refractivity contribution in [3.8, 4) is 0 Å². The molecule has 2 aliphatic heterocycles. The van der Waals surface area contributed by atoms with E-state index < -0.39 is 0 Å². The minimum Gasteiger partial charge on any atom is -0.371 e. The number of amides is 1. The first kappa shape index (κ1) is 12.6. The first-order valence-corrected chi connectivity index (χ1v) is 6.75. The second-order valence-electron chi connectivity index (χ2n) is 5.27. The fourth-order valence-corrected chi connectivity index (χ4v) is 3.05. The van der Waals surface area contributed by atoms with Crippen molar-refractivity contribution in [2.24, 2.45) is 5.92 Å². The van der Waals surface area contributed by atoms with Gasteiger partial charge in [0.25, 0.3) is 0 Å². The second-order valence-corrected chi connectivity index (χ2v) is 5.27. The van der Waals surface area contributed by atoms with Crippen LogP contribution in [0.5, 0.6) is 0 Å². The number of rotatable bonds is 3. The highest BCUT2D eigenvalue weighted by atomic mass is 16.5. The number of ether oxygens (including phenoxy) is 1. The molecule has 1 N–H and O–H groups in total. The Morgan fingerprint density at radius 1 is 1.53 bits per heavy atom. The molecule has 3 rings (SSSR count). The quantitative estimate of drug-likeness (QED) is 0.856. The fourth-order valence-electron chi connectivity index (χ4n) is 3.05. The van der Waals surface area contributed by atoms with E-state index in [-0.39, 0.29) is 24.0 Å². The van der Waals surface area contributed by atoms with Gasteiger partial charge >= 0.3 is 0 Å². The molecule has 2 aliphatic rings. The van der Waals surface area contributed by atoms with E-state index in [1.165, 1.54) is 0 Å². The van der Waals surface area contributed by atoms with Crippen molar-refractivity contribution in [2.75, 3.05) is 20.1 Å². The predicted octanol–water partition coefficient (Wildman–Crippen LogP) is 0.417. The summed E-state index contributed by atoms with van der Waals surface area (Å²) in [5, 5.41) is 2.73. The number of carbonyl (C=O) groups is 1. The summed E-state index contributed by atoms with van der Waals surface area (Å²) in [6, 6.07) is 5.96. The second kappa shape index (κ2) is 5.27. The maximum atomic E-state index is 11.8. The Morgan fingerprint density at radius 2 is 2.42 bits per heavy atom. The van der Waals surface area contributed by atoms with Gasteiger partial charge in [-0.2, -0.15) is 0 Å². The van der Waals surface area contributed by atoms with Crippen LogP contribution in [0.2, 0.25) is 0 Å². The van der Waals surface area contributed by atoms with Crippen molar-refractivity contribution >= 4 is 5.91 Å². The number of carbonyl (C=O) groups excluding carboxylic acids is 1. The zero-order valence-electron chi connectivity index (χ0n) is 11.1. The van der Waals surface area contributed by atoms with E-state index in [9.17, 15) is 4.79 Å². The molecule has 3 heterocycles. The molecule has 2 saturated heterocycles. The molecule has 0 saturated carbocycles.